The van der Waals surface area contributed by atoms with E-state index in [1.807, 2.05) is 24.3 Å². The zero-order valence-electron chi connectivity index (χ0n) is 12.4. The van der Waals surface area contributed by atoms with Crippen molar-refractivity contribution in [1.82, 2.24) is 10.2 Å². The van der Waals surface area contributed by atoms with E-state index in [1.54, 1.807) is 19.1 Å². The molecule has 0 atom stereocenters. The number of rotatable bonds is 4. The largest absolute Gasteiger partial charge is 0.368 e. The minimum Gasteiger partial charge on any atom is -0.368 e. The highest BCUT2D eigenvalue weighted by atomic mass is 35.5. The minimum absolute atomic E-state index is 0. The van der Waals surface area contributed by atoms with Crippen LogP contribution in [0.3, 0.4) is 0 Å². The zero-order valence-corrected chi connectivity index (χ0v) is 14.0. The minimum atomic E-state index is -0.693. The molecular weight excluding hydrogens is 311 g/mol. The van der Waals surface area contributed by atoms with Crippen LogP contribution in [0.25, 0.3) is 0 Å². The maximum Gasteiger partial charge on any atom is 0.254 e. The number of piperidine rings is 1. The highest BCUT2D eigenvalue weighted by molar-refractivity contribution is 6.31. The van der Waals surface area contributed by atoms with Gasteiger partial charge >= 0.3 is 0 Å². The van der Waals surface area contributed by atoms with Gasteiger partial charge in [0.1, 0.15) is 5.60 Å². The van der Waals surface area contributed by atoms with E-state index >= 15 is 0 Å². The van der Waals surface area contributed by atoms with Crippen molar-refractivity contribution in [1.29, 1.82) is 0 Å². The van der Waals surface area contributed by atoms with Crippen LogP contribution in [-0.4, -0.2) is 43.7 Å². The summed E-state index contributed by atoms with van der Waals surface area (Å²) in [6, 6.07) is 7.59. The lowest BCUT2D eigenvalue weighted by atomic mass is 9.90. The van der Waals surface area contributed by atoms with E-state index in [0.29, 0.717) is 24.4 Å². The predicted molar refractivity (Wildman–Crippen MR) is 87.0 cm³/mol. The molecular formula is C15H22Cl2N2O2. The van der Waals surface area contributed by atoms with Crippen LogP contribution in [0.5, 0.6) is 0 Å². The summed E-state index contributed by atoms with van der Waals surface area (Å²) in [5.74, 6) is 0.0291. The standard InChI is InChI=1S/C15H21ClN2O2.ClH/c1-18(11-12-5-3-4-6-13(12)16)14(19)15(20-2)7-9-17-10-8-15;/h3-6,17H,7-11H2,1-2H3;1H. The lowest BCUT2D eigenvalue weighted by Gasteiger charge is -2.37. The quantitative estimate of drug-likeness (QED) is 0.920. The number of nitrogens with one attached hydrogen (secondary N) is 1. The third-order valence-electron chi connectivity index (χ3n) is 3.90. The molecule has 1 aliphatic rings. The van der Waals surface area contributed by atoms with Gasteiger partial charge in [-0.3, -0.25) is 4.79 Å². The van der Waals surface area contributed by atoms with Gasteiger partial charge in [-0.15, -0.1) is 12.4 Å². The molecule has 0 aromatic heterocycles. The fourth-order valence-electron chi connectivity index (χ4n) is 2.64. The van der Waals surface area contributed by atoms with Crippen LogP contribution in [0.1, 0.15) is 18.4 Å². The second-order valence-electron chi connectivity index (χ2n) is 5.20. The van der Waals surface area contributed by atoms with E-state index in [4.69, 9.17) is 16.3 Å². The summed E-state index contributed by atoms with van der Waals surface area (Å²) in [7, 11) is 3.42. The average molecular weight is 333 g/mol. The third kappa shape index (κ3) is 4.10. The smallest absolute Gasteiger partial charge is 0.254 e. The van der Waals surface area contributed by atoms with Crippen molar-refractivity contribution in [3.8, 4) is 0 Å². The SMILES string of the molecule is COC1(C(=O)N(C)Cc2ccccc2Cl)CCNCC1.Cl. The highest BCUT2D eigenvalue weighted by Gasteiger charge is 2.41. The third-order valence-corrected chi connectivity index (χ3v) is 4.27. The first-order chi connectivity index (χ1) is 9.59. The number of carbonyl (C=O) groups is 1. The van der Waals surface area contributed by atoms with Gasteiger partial charge in [-0.25, -0.2) is 0 Å². The van der Waals surface area contributed by atoms with E-state index < -0.39 is 5.60 Å². The van der Waals surface area contributed by atoms with E-state index in [0.717, 1.165) is 18.7 Å². The number of carbonyl (C=O) groups excluding carboxylic acids is 1. The summed E-state index contributed by atoms with van der Waals surface area (Å²) in [6.45, 7) is 2.11. The van der Waals surface area contributed by atoms with Crippen molar-refractivity contribution in [2.75, 3.05) is 27.2 Å². The van der Waals surface area contributed by atoms with Gasteiger partial charge in [0.05, 0.1) is 0 Å². The number of hydrogen-bond acceptors (Lipinski definition) is 3. The zero-order chi connectivity index (χ0) is 14.6. The van der Waals surface area contributed by atoms with Crippen LogP contribution in [-0.2, 0) is 16.1 Å². The lowest BCUT2D eigenvalue weighted by Crippen LogP contribution is -2.54. The van der Waals surface area contributed by atoms with E-state index in [9.17, 15) is 4.79 Å². The first kappa shape index (κ1) is 18.2. The summed E-state index contributed by atoms with van der Waals surface area (Å²) < 4.78 is 5.57. The van der Waals surface area contributed by atoms with Crippen LogP contribution in [0.15, 0.2) is 24.3 Å². The molecule has 0 saturated carbocycles. The molecule has 1 aliphatic heterocycles. The number of halogens is 2. The molecule has 1 saturated heterocycles. The second-order valence-corrected chi connectivity index (χ2v) is 5.61. The predicted octanol–water partition coefficient (Wildman–Crippen LogP) is 2.49. The molecule has 1 aromatic carbocycles. The van der Waals surface area contributed by atoms with Gasteiger partial charge in [0.15, 0.2) is 0 Å². The molecule has 4 nitrogen and oxygen atoms in total. The topological polar surface area (TPSA) is 41.6 Å². The van der Waals surface area contributed by atoms with Crippen molar-refractivity contribution in [3.63, 3.8) is 0 Å². The molecule has 1 heterocycles. The van der Waals surface area contributed by atoms with Crippen molar-refractivity contribution >= 4 is 29.9 Å². The van der Waals surface area contributed by atoms with Crippen molar-refractivity contribution < 1.29 is 9.53 Å². The Morgan fingerprint density at radius 2 is 2.00 bits per heavy atom. The number of benzene rings is 1. The molecule has 0 unspecified atom stereocenters. The number of amides is 1. The summed E-state index contributed by atoms with van der Waals surface area (Å²) in [5, 5.41) is 3.94. The van der Waals surface area contributed by atoms with Gasteiger partial charge in [0.2, 0.25) is 0 Å². The Morgan fingerprint density at radius 1 is 1.38 bits per heavy atom. The van der Waals surface area contributed by atoms with Gasteiger partial charge < -0.3 is 15.0 Å². The van der Waals surface area contributed by atoms with Crippen LogP contribution in [0.2, 0.25) is 5.02 Å². The molecule has 0 spiro atoms. The second kappa shape index (κ2) is 7.99. The summed E-state index contributed by atoms with van der Waals surface area (Å²) in [4.78, 5) is 14.4. The summed E-state index contributed by atoms with van der Waals surface area (Å²) in [6.07, 6.45) is 1.41. The number of ether oxygens (including phenoxy) is 1. The van der Waals surface area contributed by atoms with Crippen LogP contribution in [0, 0.1) is 0 Å². The first-order valence-corrected chi connectivity index (χ1v) is 7.22. The number of likely N-dealkylation sites (N-methyl/N-ethyl adjacent to an activating group) is 1. The number of nitrogens with zero attached hydrogens (tertiary/aromatic N) is 1. The summed E-state index contributed by atoms with van der Waals surface area (Å²) in [5.41, 5.74) is 0.256. The van der Waals surface area contributed by atoms with Gasteiger partial charge in [-0.05, 0) is 37.6 Å². The maximum atomic E-state index is 12.7. The molecule has 1 N–H and O–H groups in total. The number of hydrogen-bond donors (Lipinski definition) is 1. The first-order valence-electron chi connectivity index (χ1n) is 6.84. The van der Waals surface area contributed by atoms with Crippen molar-refractivity contribution in [2.24, 2.45) is 0 Å². The van der Waals surface area contributed by atoms with E-state index in [1.165, 1.54) is 0 Å². The van der Waals surface area contributed by atoms with Gasteiger partial charge in [-0.2, -0.15) is 0 Å². The van der Waals surface area contributed by atoms with Gasteiger partial charge in [0.25, 0.3) is 5.91 Å². The Kier molecular flexibility index (Phi) is 6.94. The van der Waals surface area contributed by atoms with Crippen LogP contribution < -0.4 is 5.32 Å². The Bertz CT molecular complexity index is 476. The Morgan fingerprint density at radius 3 is 2.57 bits per heavy atom. The molecule has 1 amide bonds. The Balaban J connectivity index is 0.00000220. The molecule has 0 bridgehead atoms. The molecule has 118 valence electrons. The maximum absolute atomic E-state index is 12.7. The molecule has 21 heavy (non-hydrogen) atoms. The summed E-state index contributed by atoms with van der Waals surface area (Å²) >= 11 is 6.15. The Hall–Kier alpha value is -0.810. The van der Waals surface area contributed by atoms with Crippen molar-refractivity contribution in [3.05, 3.63) is 34.9 Å². The lowest BCUT2D eigenvalue weighted by molar-refractivity contribution is -0.157. The van der Waals surface area contributed by atoms with Crippen LogP contribution in [0.4, 0.5) is 0 Å². The molecule has 1 fully saturated rings. The molecule has 2 rings (SSSR count). The van der Waals surface area contributed by atoms with E-state index in [2.05, 4.69) is 5.32 Å². The fraction of sp³-hybridized carbons (Fsp3) is 0.533. The average Bonchev–Trinajstić information content (AvgIpc) is 2.49. The molecule has 6 heteroatoms. The highest BCUT2D eigenvalue weighted by Crippen LogP contribution is 2.26. The van der Waals surface area contributed by atoms with E-state index in [-0.39, 0.29) is 18.3 Å². The normalized spacial score (nSPS) is 16.9. The fourth-order valence-corrected chi connectivity index (χ4v) is 2.83. The van der Waals surface area contributed by atoms with Gasteiger partial charge in [-0.1, -0.05) is 29.8 Å². The van der Waals surface area contributed by atoms with Gasteiger partial charge in [0, 0.05) is 25.7 Å². The molecule has 0 radical (unpaired) electrons. The van der Waals surface area contributed by atoms with Crippen molar-refractivity contribution in [2.45, 2.75) is 25.0 Å². The van der Waals surface area contributed by atoms with Crippen LogP contribution >= 0.6 is 24.0 Å². The number of methoxy groups -OCH3 is 1. The molecule has 0 aliphatic carbocycles. The molecule has 1 aromatic rings. The monoisotopic (exact) mass is 332 g/mol. The Labute approximate surface area is 137 Å².